The van der Waals surface area contributed by atoms with E-state index in [1.54, 1.807) is 7.11 Å². The van der Waals surface area contributed by atoms with Crippen molar-refractivity contribution in [3.8, 4) is 5.75 Å². The van der Waals surface area contributed by atoms with E-state index in [-0.39, 0.29) is 0 Å². The molecule has 2 heteroatoms. The third-order valence-corrected chi connectivity index (χ3v) is 3.09. The van der Waals surface area contributed by atoms with Crippen LogP contribution >= 0.6 is 0 Å². The number of methoxy groups -OCH3 is 1. The van der Waals surface area contributed by atoms with Crippen LogP contribution in [0.1, 0.15) is 51.3 Å². The maximum Gasteiger partial charge on any atom is 0.121 e. The summed E-state index contributed by atoms with van der Waals surface area (Å²) in [7, 11) is 1.72. The van der Waals surface area contributed by atoms with Gasteiger partial charge in [0.15, 0.2) is 0 Å². The minimum Gasteiger partial charge on any atom is -0.496 e. The maximum absolute atomic E-state index is 5.32. The minimum atomic E-state index is 0.320. The number of ether oxygens (including phenoxy) is 1. The van der Waals surface area contributed by atoms with Crippen molar-refractivity contribution in [3.05, 3.63) is 29.3 Å². The second-order valence-electron chi connectivity index (χ2n) is 6.10. The summed E-state index contributed by atoms with van der Waals surface area (Å²) in [6, 6.07) is 6.89. The van der Waals surface area contributed by atoms with E-state index < -0.39 is 0 Å². The Kier molecular flexibility index (Phi) is 5.21. The summed E-state index contributed by atoms with van der Waals surface area (Å²) in [4.78, 5) is 0. The van der Waals surface area contributed by atoms with Gasteiger partial charge in [0, 0.05) is 6.04 Å². The summed E-state index contributed by atoms with van der Waals surface area (Å²) in [5.41, 5.74) is 2.87. The molecular formula is C16H27NO. The third kappa shape index (κ3) is 4.34. The summed E-state index contributed by atoms with van der Waals surface area (Å²) >= 11 is 0. The van der Waals surface area contributed by atoms with Gasteiger partial charge >= 0.3 is 0 Å². The van der Waals surface area contributed by atoms with E-state index >= 15 is 0 Å². The lowest BCUT2D eigenvalue weighted by atomic mass is 9.85. The molecule has 1 aromatic rings. The highest BCUT2D eigenvalue weighted by molar-refractivity contribution is 5.37. The predicted octanol–water partition coefficient (Wildman–Crippen LogP) is 4.09. The van der Waals surface area contributed by atoms with E-state index in [1.807, 2.05) is 0 Å². The molecule has 1 aromatic carbocycles. The average molecular weight is 249 g/mol. The Hall–Kier alpha value is -1.02. The molecule has 1 unspecified atom stereocenters. The summed E-state index contributed by atoms with van der Waals surface area (Å²) in [5, 5.41) is 3.58. The van der Waals surface area contributed by atoms with Crippen molar-refractivity contribution in [1.82, 2.24) is 5.32 Å². The molecule has 0 aliphatic rings. The fourth-order valence-corrected chi connectivity index (χ4v) is 2.29. The molecular weight excluding hydrogens is 222 g/mol. The molecule has 0 saturated heterocycles. The highest BCUT2D eigenvalue weighted by atomic mass is 16.5. The second-order valence-corrected chi connectivity index (χ2v) is 6.10. The van der Waals surface area contributed by atoms with Gasteiger partial charge in [-0.2, -0.15) is 0 Å². The van der Waals surface area contributed by atoms with Gasteiger partial charge in [0.2, 0.25) is 0 Å². The fourth-order valence-electron chi connectivity index (χ4n) is 2.29. The van der Waals surface area contributed by atoms with Gasteiger partial charge < -0.3 is 10.1 Å². The van der Waals surface area contributed by atoms with E-state index in [4.69, 9.17) is 4.74 Å². The Morgan fingerprint density at radius 3 is 2.39 bits per heavy atom. The zero-order chi connectivity index (χ0) is 13.8. The molecule has 0 radical (unpaired) electrons. The van der Waals surface area contributed by atoms with Gasteiger partial charge in [0.05, 0.1) is 7.11 Å². The first-order valence-corrected chi connectivity index (χ1v) is 6.75. The van der Waals surface area contributed by atoms with Crippen LogP contribution in [-0.2, 0) is 0 Å². The molecule has 1 N–H and O–H groups in total. The van der Waals surface area contributed by atoms with Gasteiger partial charge in [0.25, 0.3) is 0 Å². The Morgan fingerprint density at radius 1 is 1.28 bits per heavy atom. The Bertz CT molecular complexity index is 379. The quantitative estimate of drug-likeness (QED) is 0.848. The van der Waals surface area contributed by atoms with Crippen molar-refractivity contribution in [2.75, 3.05) is 13.7 Å². The molecule has 0 fully saturated rings. The number of benzene rings is 1. The van der Waals surface area contributed by atoms with E-state index in [9.17, 15) is 0 Å². The van der Waals surface area contributed by atoms with E-state index in [1.165, 1.54) is 11.1 Å². The van der Waals surface area contributed by atoms with Crippen molar-refractivity contribution in [1.29, 1.82) is 0 Å². The van der Waals surface area contributed by atoms with Gasteiger partial charge in [-0.15, -0.1) is 0 Å². The maximum atomic E-state index is 5.32. The molecule has 102 valence electrons. The van der Waals surface area contributed by atoms with Crippen molar-refractivity contribution < 1.29 is 4.74 Å². The van der Waals surface area contributed by atoms with Crippen molar-refractivity contribution >= 4 is 0 Å². The normalized spacial score (nSPS) is 13.4. The third-order valence-electron chi connectivity index (χ3n) is 3.09. The van der Waals surface area contributed by atoms with Crippen molar-refractivity contribution in [2.24, 2.45) is 5.41 Å². The fraction of sp³-hybridized carbons (Fsp3) is 0.625. The molecule has 0 saturated carbocycles. The summed E-state index contributed by atoms with van der Waals surface area (Å²) in [6.45, 7) is 12.1. The molecule has 1 atom stereocenters. The van der Waals surface area contributed by atoms with E-state index in [2.05, 4.69) is 58.1 Å². The number of nitrogens with one attached hydrogen (secondary N) is 1. The zero-order valence-corrected chi connectivity index (χ0v) is 12.6. The molecule has 2 nitrogen and oxygen atoms in total. The Labute approximate surface area is 112 Å². The first kappa shape index (κ1) is 15.0. The molecule has 0 aliphatic carbocycles. The van der Waals surface area contributed by atoms with Crippen LogP contribution in [0.2, 0.25) is 0 Å². The number of hydrogen-bond acceptors (Lipinski definition) is 2. The van der Waals surface area contributed by atoms with Crippen LogP contribution in [0.15, 0.2) is 18.2 Å². The van der Waals surface area contributed by atoms with Crippen LogP contribution in [-0.4, -0.2) is 13.7 Å². The average Bonchev–Trinajstić information content (AvgIpc) is 2.26. The summed E-state index contributed by atoms with van der Waals surface area (Å²) in [5.74, 6) is 0.963. The molecule has 18 heavy (non-hydrogen) atoms. The Balaban J connectivity index is 2.95. The largest absolute Gasteiger partial charge is 0.496 e. The van der Waals surface area contributed by atoms with Gasteiger partial charge in [-0.1, -0.05) is 39.8 Å². The lowest BCUT2D eigenvalue weighted by molar-refractivity contribution is 0.314. The molecule has 0 bridgehead atoms. The zero-order valence-electron chi connectivity index (χ0n) is 12.6. The van der Waals surface area contributed by atoms with Gasteiger partial charge in [-0.3, -0.25) is 0 Å². The lowest BCUT2D eigenvalue weighted by Crippen LogP contribution is -2.25. The molecule has 0 aromatic heterocycles. The molecule has 0 aliphatic heterocycles. The van der Waals surface area contributed by atoms with E-state index in [0.717, 1.165) is 18.7 Å². The van der Waals surface area contributed by atoms with Crippen molar-refractivity contribution in [2.45, 2.75) is 47.1 Å². The Morgan fingerprint density at radius 2 is 1.94 bits per heavy atom. The summed E-state index contributed by atoms with van der Waals surface area (Å²) in [6.07, 6.45) is 1.13. The highest BCUT2D eigenvalue weighted by Crippen LogP contribution is 2.31. The van der Waals surface area contributed by atoms with Gasteiger partial charge in [0.1, 0.15) is 5.75 Å². The van der Waals surface area contributed by atoms with Crippen LogP contribution in [0.3, 0.4) is 0 Å². The first-order valence-electron chi connectivity index (χ1n) is 6.75. The first-order chi connectivity index (χ1) is 8.37. The number of hydrogen-bond donors (Lipinski definition) is 1. The number of rotatable bonds is 5. The number of aryl methyl sites for hydroxylation is 1. The van der Waals surface area contributed by atoms with Gasteiger partial charge in [-0.05, 0) is 42.5 Å². The van der Waals surface area contributed by atoms with Crippen LogP contribution in [0, 0.1) is 12.3 Å². The van der Waals surface area contributed by atoms with Crippen LogP contribution < -0.4 is 10.1 Å². The smallest absolute Gasteiger partial charge is 0.121 e. The minimum absolute atomic E-state index is 0.320. The molecule has 0 spiro atoms. The van der Waals surface area contributed by atoms with Crippen LogP contribution in [0.4, 0.5) is 0 Å². The van der Waals surface area contributed by atoms with Crippen LogP contribution in [0.5, 0.6) is 5.75 Å². The second kappa shape index (κ2) is 6.24. The monoisotopic (exact) mass is 249 g/mol. The van der Waals surface area contributed by atoms with Crippen molar-refractivity contribution in [3.63, 3.8) is 0 Å². The highest BCUT2D eigenvalue weighted by Gasteiger charge is 2.19. The predicted molar refractivity (Wildman–Crippen MR) is 78.2 cm³/mol. The SMILES string of the molecule is CCNC(CC(C)(C)C)c1ccc(OC)c(C)c1. The molecule has 0 heterocycles. The van der Waals surface area contributed by atoms with Gasteiger partial charge in [-0.25, -0.2) is 0 Å². The summed E-state index contributed by atoms with van der Waals surface area (Å²) < 4.78 is 5.32. The topological polar surface area (TPSA) is 21.3 Å². The standard InChI is InChI=1S/C16H27NO/c1-7-17-14(11-16(3,4)5)13-8-9-15(18-6)12(2)10-13/h8-10,14,17H,7,11H2,1-6H3. The molecule has 0 amide bonds. The molecule has 1 rings (SSSR count). The van der Waals surface area contributed by atoms with E-state index in [0.29, 0.717) is 11.5 Å². The lowest BCUT2D eigenvalue weighted by Gasteiger charge is -2.27. The van der Waals surface area contributed by atoms with Crippen LogP contribution in [0.25, 0.3) is 0 Å².